The van der Waals surface area contributed by atoms with E-state index in [2.05, 4.69) is 0 Å². The van der Waals surface area contributed by atoms with Crippen LogP contribution in [0, 0.1) is 0 Å². The standard InChI is InChI=1S/C11H16O4/c1-9(12)15-10-5-2-3-7-13-11(10)6-4-8-14-11/h2,5,10H,3-4,6-8H2,1H3/t10?,11-/m1/s1. The first kappa shape index (κ1) is 10.6. The fourth-order valence-electron chi connectivity index (χ4n) is 2.03. The third-order valence-corrected chi connectivity index (χ3v) is 2.68. The third-order valence-electron chi connectivity index (χ3n) is 2.68. The van der Waals surface area contributed by atoms with Gasteiger partial charge >= 0.3 is 5.97 Å². The number of hydrogen-bond acceptors (Lipinski definition) is 4. The summed E-state index contributed by atoms with van der Waals surface area (Å²) in [5.41, 5.74) is 0. The molecule has 0 bridgehead atoms. The molecule has 2 aliphatic heterocycles. The van der Waals surface area contributed by atoms with E-state index in [-0.39, 0.29) is 5.97 Å². The molecule has 4 nitrogen and oxygen atoms in total. The molecule has 0 aromatic carbocycles. The summed E-state index contributed by atoms with van der Waals surface area (Å²) in [5.74, 6) is -1.02. The second-order valence-corrected chi connectivity index (χ2v) is 3.86. The van der Waals surface area contributed by atoms with Crippen LogP contribution in [0.15, 0.2) is 12.2 Å². The molecule has 0 radical (unpaired) electrons. The monoisotopic (exact) mass is 212 g/mol. The topological polar surface area (TPSA) is 44.8 Å². The Balaban J connectivity index is 2.16. The van der Waals surface area contributed by atoms with E-state index >= 15 is 0 Å². The quantitative estimate of drug-likeness (QED) is 0.487. The zero-order valence-corrected chi connectivity index (χ0v) is 8.90. The van der Waals surface area contributed by atoms with E-state index in [1.54, 1.807) is 0 Å². The fraction of sp³-hybridized carbons (Fsp3) is 0.727. The second-order valence-electron chi connectivity index (χ2n) is 3.86. The number of carbonyl (C=O) groups is 1. The van der Waals surface area contributed by atoms with Gasteiger partial charge in [0.2, 0.25) is 5.79 Å². The van der Waals surface area contributed by atoms with Gasteiger partial charge in [0.1, 0.15) is 0 Å². The average Bonchev–Trinajstić information content (AvgIpc) is 2.56. The van der Waals surface area contributed by atoms with Crippen LogP contribution in [0.1, 0.15) is 26.2 Å². The highest BCUT2D eigenvalue weighted by molar-refractivity contribution is 5.66. The van der Waals surface area contributed by atoms with Crippen molar-refractivity contribution in [2.24, 2.45) is 0 Å². The Labute approximate surface area is 89.2 Å². The molecule has 2 rings (SSSR count). The van der Waals surface area contributed by atoms with Crippen LogP contribution in [-0.2, 0) is 19.0 Å². The Morgan fingerprint density at radius 1 is 1.47 bits per heavy atom. The summed E-state index contributed by atoms with van der Waals surface area (Å²) in [5, 5.41) is 0. The van der Waals surface area contributed by atoms with E-state index in [9.17, 15) is 4.79 Å². The van der Waals surface area contributed by atoms with Crippen molar-refractivity contribution in [3.8, 4) is 0 Å². The number of carbonyl (C=O) groups excluding carboxylic acids is 1. The molecule has 15 heavy (non-hydrogen) atoms. The lowest BCUT2D eigenvalue weighted by Crippen LogP contribution is -2.45. The maximum Gasteiger partial charge on any atom is 0.303 e. The highest BCUT2D eigenvalue weighted by Crippen LogP contribution is 2.34. The maximum absolute atomic E-state index is 11.0. The summed E-state index contributed by atoms with van der Waals surface area (Å²) in [6, 6.07) is 0. The molecule has 84 valence electrons. The lowest BCUT2D eigenvalue weighted by Gasteiger charge is -2.32. The highest BCUT2D eigenvalue weighted by atomic mass is 16.7. The van der Waals surface area contributed by atoms with Crippen molar-refractivity contribution >= 4 is 5.97 Å². The van der Waals surface area contributed by atoms with E-state index in [1.807, 2.05) is 12.2 Å². The lowest BCUT2D eigenvalue weighted by molar-refractivity contribution is -0.252. The summed E-state index contributed by atoms with van der Waals surface area (Å²) in [4.78, 5) is 11.0. The summed E-state index contributed by atoms with van der Waals surface area (Å²) in [7, 11) is 0. The molecule has 0 aliphatic carbocycles. The number of rotatable bonds is 1. The Kier molecular flexibility index (Phi) is 3.07. The van der Waals surface area contributed by atoms with Gasteiger partial charge in [0, 0.05) is 13.3 Å². The molecule has 1 spiro atoms. The van der Waals surface area contributed by atoms with Gasteiger partial charge in [-0.3, -0.25) is 4.79 Å². The van der Waals surface area contributed by atoms with Crippen molar-refractivity contribution in [2.45, 2.75) is 38.1 Å². The van der Waals surface area contributed by atoms with Crippen molar-refractivity contribution in [3.05, 3.63) is 12.2 Å². The average molecular weight is 212 g/mol. The second kappa shape index (κ2) is 4.33. The van der Waals surface area contributed by atoms with Gasteiger partial charge in [-0.1, -0.05) is 6.08 Å². The van der Waals surface area contributed by atoms with Crippen molar-refractivity contribution in [2.75, 3.05) is 13.2 Å². The van der Waals surface area contributed by atoms with E-state index in [0.29, 0.717) is 13.2 Å². The summed E-state index contributed by atoms with van der Waals surface area (Å²) >= 11 is 0. The Hall–Kier alpha value is -0.870. The zero-order chi connectivity index (χ0) is 10.7. The largest absolute Gasteiger partial charge is 0.453 e. The molecule has 0 aromatic rings. The van der Waals surface area contributed by atoms with Crippen LogP contribution in [0.5, 0.6) is 0 Å². The van der Waals surface area contributed by atoms with Gasteiger partial charge in [0.15, 0.2) is 6.10 Å². The molecular weight excluding hydrogens is 196 g/mol. The van der Waals surface area contributed by atoms with Gasteiger partial charge in [-0.2, -0.15) is 0 Å². The normalized spacial score (nSPS) is 35.4. The highest BCUT2D eigenvalue weighted by Gasteiger charge is 2.45. The third kappa shape index (κ3) is 2.21. The molecule has 2 atom stereocenters. The van der Waals surface area contributed by atoms with Crippen LogP contribution in [-0.4, -0.2) is 31.1 Å². The Morgan fingerprint density at radius 2 is 2.27 bits per heavy atom. The van der Waals surface area contributed by atoms with Crippen molar-refractivity contribution < 1.29 is 19.0 Å². The van der Waals surface area contributed by atoms with Crippen LogP contribution < -0.4 is 0 Å². The molecular formula is C11H16O4. The Morgan fingerprint density at radius 3 is 2.93 bits per heavy atom. The van der Waals surface area contributed by atoms with Crippen LogP contribution in [0.3, 0.4) is 0 Å². The molecule has 0 saturated carbocycles. The minimum atomic E-state index is -0.724. The first-order valence-electron chi connectivity index (χ1n) is 5.35. The van der Waals surface area contributed by atoms with Gasteiger partial charge in [0.25, 0.3) is 0 Å². The first-order valence-corrected chi connectivity index (χ1v) is 5.35. The molecule has 2 heterocycles. The van der Waals surface area contributed by atoms with E-state index < -0.39 is 11.9 Å². The smallest absolute Gasteiger partial charge is 0.303 e. The van der Waals surface area contributed by atoms with Gasteiger partial charge < -0.3 is 14.2 Å². The van der Waals surface area contributed by atoms with Crippen LogP contribution in [0.25, 0.3) is 0 Å². The molecule has 1 fully saturated rings. The lowest BCUT2D eigenvalue weighted by atomic mass is 10.1. The van der Waals surface area contributed by atoms with Crippen molar-refractivity contribution in [1.82, 2.24) is 0 Å². The molecule has 0 N–H and O–H groups in total. The minimum Gasteiger partial charge on any atom is -0.453 e. The molecule has 1 saturated heterocycles. The van der Waals surface area contributed by atoms with E-state index in [1.165, 1.54) is 6.92 Å². The molecule has 1 unspecified atom stereocenters. The first-order chi connectivity index (χ1) is 7.23. The SMILES string of the molecule is CC(=O)OC1C=CCCO[C@@]12CCCO2. The molecule has 4 heteroatoms. The number of ether oxygens (including phenoxy) is 3. The van der Waals surface area contributed by atoms with E-state index in [4.69, 9.17) is 14.2 Å². The predicted octanol–water partition coefficient (Wildman–Crippen LogP) is 1.40. The van der Waals surface area contributed by atoms with Crippen LogP contribution >= 0.6 is 0 Å². The summed E-state index contributed by atoms with van der Waals surface area (Å²) < 4.78 is 16.6. The van der Waals surface area contributed by atoms with Crippen molar-refractivity contribution in [3.63, 3.8) is 0 Å². The maximum atomic E-state index is 11.0. The number of hydrogen-bond donors (Lipinski definition) is 0. The Bertz CT molecular complexity index is 266. The zero-order valence-electron chi connectivity index (χ0n) is 8.90. The van der Waals surface area contributed by atoms with Gasteiger partial charge in [0.05, 0.1) is 13.2 Å². The fourth-order valence-corrected chi connectivity index (χ4v) is 2.03. The van der Waals surface area contributed by atoms with Crippen molar-refractivity contribution in [1.29, 1.82) is 0 Å². The van der Waals surface area contributed by atoms with Gasteiger partial charge in [-0.05, 0) is 18.9 Å². The molecule has 2 aliphatic rings. The summed E-state index contributed by atoms with van der Waals surface area (Å²) in [6.45, 7) is 2.70. The van der Waals surface area contributed by atoms with Gasteiger partial charge in [-0.25, -0.2) is 0 Å². The van der Waals surface area contributed by atoms with E-state index in [0.717, 1.165) is 19.3 Å². The predicted molar refractivity (Wildman–Crippen MR) is 53.2 cm³/mol. The van der Waals surface area contributed by atoms with Crippen LogP contribution in [0.4, 0.5) is 0 Å². The molecule has 0 aromatic heterocycles. The van der Waals surface area contributed by atoms with Gasteiger partial charge in [-0.15, -0.1) is 0 Å². The number of esters is 1. The molecule has 0 amide bonds. The summed E-state index contributed by atoms with van der Waals surface area (Å²) in [6.07, 6.45) is 6.02. The van der Waals surface area contributed by atoms with Crippen LogP contribution in [0.2, 0.25) is 0 Å². The minimum absolute atomic E-state index is 0.301.